The van der Waals surface area contributed by atoms with Crippen molar-refractivity contribution in [1.29, 1.82) is 0 Å². The fraction of sp³-hybridized carbons (Fsp3) is 0.500. The van der Waals surface area contributed by atoms with Gasteiger partial charge in [0.2, 0.25) is 0 Å². The second kappa shape index (κ2) is 7.68. The van der Waals surface area contributed by atoms with Crippen LogP contribution in [0.5, 0.6) is 0 Å². The molecule has 0 aliphatic carbocycles. The van der Waals surface area contributed by atoms with E-state index in [2.05, 4.69) is 15.0 Å². The van der Waals surface area contributed by atoms with Crippen molar-refractivity contribution in [3.8, 4) is 0 Å². The fourth-order valence-corrected chi connectivity index (χ4v) is 0.788. The summed E-state index contributed by atoms with van der Waals surface area (Å²) in [6.07, 6.45) is 3.15. The molecule has 2 rings (SSSR count). The first kappa shape index (κ1) is 14.4. The van der Waals surface area contributed by atoms with Crippen molar-refractivity contribution in [1.82, 2.24) is 15.0 Å². The van der Waals surface area contributed by atoms with E-state index < -0.39 is 0 Å². The monoisotopic (exact) mass is 223 g/mol. The van der Waals surface area contributed by atoms with Gasteiger partial charge in [0.05, 0.1) is 17.7 Å². The minimum Gasteiger partial charge on any atom is -0.449 e. The molecule has 0 fully saturated rings. The smallest absolute Gasteiger partial charge is 0.181 e. The van der Waals surface area contributed by atoms with Gasteiger partial charge in [-0.2, -0.15) is 0 Å². The van der Waals surface area contributed by atoms with Gasteiger partial charge in [-0.1, -0.05) is 13.8 Å². The molecule has 0 aromatic carbocycles. The molecule has 90 valence electrons. The number of hydrogen-bond donors (Lipinski definition) is 1. The second-order valence-corrected chi connectivity index (χ2v) is 3.11. The zero-order valence-corrected chi connectivity index (χ0v) is 11.0. The summed E-state index contributed by atoms with van der Waals surface area (Å²) in [5, 5.41) is 0. The van der Waals surface area contributed by atoms with Crippen LogP contribution in [0, 0.1) is 27.7 Å². The average molecular weight is 223 g/mol. The van der Waals surface area contributed by atoms with Gasteiger partial charge < -0.3 is 9.40 Å². The molecular formula is C12H21N3O. The molecule has 0 saturated carbocycles. The highest BCUT2D eigenvalue weighted by atomic mass is 16.3. The van der Waals surface area contributed by atoms with Gasteiger partial charge in [0, 0.05) is 5.69 Å². The Morgan fingerprint density at radius 2 is 1.62 bits per heavy atom. The molecule has 1 N–H and O–H groups in total. The van der Waals surface area contributed by atoms with E-state index in [1.807, 2.05) is 41.5 Å². The number of nitrogens with zero attached hydrogens (tertiary/aromatic N) is 2. The number of aromatic nitrogens is 3. The summed E-state index contributed by atoms with van der Waals surface area (Å²) in [6.45, 7) is 11.8. The van der Waals surface area contributed by atoms with Crippen molar-refractivity contribution in [2.75, 3.05) is 0 Å². The first-order valence-electron chi connectivity index (χ1n) is 5.44. The number of oxazole rings is 1. The van der Waals surface area contributed by atoms with Gasteiger partial charge in [0.15, 0.2) is 6.39 Å². The van der Waals surface area contributed by atoms with Crippen molar-refractivity contribution in [3.05, 3.63) is 35.6 Å². The van der Waals surface area contributed by atoms with Crippen LogP contribution in [-0.2, 0) is 0 Å². The van der Waals surface area contributed by atoms with Crippen molar-refractivity contribution in [3.63, 3.8) is 0 Å². The van der Waals surface area contributed by atoms with E-state index in [9.17, 15) is 0 Å². The van der Waals surface area contributed by atoms with Gasteiger partial charge >= 0.3 is 0 Å². The Kier molecular flexibility index (Phi) is 6.92. The number of hydrogen-bond acceptors (Lipinski definition) is 3. The number of nitrogens with one attached hydrogen (secondary N) is 1. The molecule has 0 amide bonds. The maximum absolute atomic E-state index is 4.85. The first-order valence-corrected chi connectivity index (χ1v) is 5.44. The summed E-state index contributed by atoms with van der Waals surface area (Å²) in [4.78, 5) is 10.8. The summed E-state index contributed by atoms with van der Waals surface area (Å²) in [5.41, 5.74) is 3.21. The molecule has 2 aromatic heterocycles. The van der Waals surface area contributed by atoms with Crippen LogP contribution in [0.25, 0.3) is 0 Å². The number of H-pyrrole nitrogens is 1. The van der Waals surface area contributed by atoms with Crippen molar-refractivity contribution < 1.29 is 4.42 Å². The van der Waals surface area contributed by atoms with E-state index >= 15 is 0 Å². The first-order chi connectivity index (χ1) is 7.61. The van der Waals surface area contributed by atoms with Gasteiger partial charge in [0.25, 0.3) is 0 Å². The highest BCUT2D eigenvalue weighted by molar-refractivity contribution is 5.04. The number of aryl methyl sites for hydroxylation is 4. The lowest BCUT2D eigenvalue weighted by Crippen LogP contribution is -1.71. The largest absolute Gasteiger partial charge is 0.449 e. The SMILES string of the molecule is CC.Cc1nc[nH]c1C.Cc1ncoc1C. The minimum absolute atomic E-state index is 0.903. The fourth-order valence-electron chi connectivity index (χ4n) is 0.788. The molecule has 4 heteroatoms. The topological polar surface area (TPSA) is 54.7 Å². The zero-order chi connectivity index (χ0) is 12.6. The van der Waals surface area contributed by atoms with Crippen LogP contribution in [0.15, 0.2) is 17.1 Å². The summed E-state index contributed by atoms with van der Waals surface area (Å²) in [7, 11) is 0. The molecule has 2 aromatic rings. The van der Waals surface area contributed by atoms with Gasteiger partial charge in [-0.3, -0.25) is 0 Å². The third-order valence-corrected chi connectivity index (χ3v) is 2.07. The molecule has 0 aliphatic rings. The normalized spacial score (nSPS) is 8.62. The summed E-state index contributed by atoms with van der Waals surface area (Å²) < 4.78 is 4.85. The lowest BCUT2D eigenvalue weighted by atomic mass is 10.4. The molecule has 0 bridgehead atoms. The molecule has 0 spiro atoms. The van der Waals surface area contributed by atoms with E-state index in [4.69, 9.17) is 4.42 Å². The third kappa shape index (κ3) is 4.77. The van der Waals surface area contributed by atoms with Gasteiger partial charge in [0.1, 0.15) is 5.76 Å². The van der Waals surface area contributed by atoms with Gasteiger partial charge in [-0.25, -0.2) is 9.97 Å². The molecule has 0 radical (unpaired) electrons. The molecule has 4 nitrogen and oxygen atoms in total. The number of imidazole rings is 1. The van der Waals surface area contributed by atoms with E-state index in [0.29, 0.717) is 0 Å². The van der Waals surface area contributed by atoms with Crippen LogP contribution >= 0.6 is 0 Å². The predicted octanol–water partition coefficient (Wildman–Crippen LogP) is 3.34. The van der Waals surface area contributed by atoms with Crippen molar-refractivity contribution in [2.45, 2.75) is 41.5 Å². The third-order valence-electron chi connectivity index (χ3n) is 2.07. The van der Waals surface area contributed by atoms with E-state index in [1.165, 1.54) is 6.39 Å². The van der Waals surface area contributed by atoms with Crippen LogP contribution in [-0.4, -0.2) is 15.0 Å². The standard InChI is InChI=1S/C5H8N2.C5H7NO.C2H6/c2*1-4-5(2)7-3-6-4;1-2/h3H,1-2H3,(H,6,7);3H,1-2H3;1-2H3. The molecule has 2 heterocycles. The van der Waals surface area contributed by atoms with Gasteiger partial charge in [-0.05, 0) is 27.7 Å². The Morgan fingerprint density at radius 3 is 1.75 bits per heavy atom. The molecule has 0 aliphatic heterocycles. The second-order valence-electron chi connectivity index (χ2n) is 3.11. The maximum Gasteiger partial charge on any atom is 0.181 e. The molecule has 0 unspecified atom stereocenters. The van der Waals surface area contributed by atoms with E-state index in [0.717, 1.165) is 22.8 Å². The Morgan fingerprint density at radius 1 is 1.00 bits per heavy atom. The average Bonchev–Trinajstić information content (AvgIpc) is 2.83. The summed E-state index contributed by atoms with van der Waals surface area (Å²) >= 11 is 0. The lowest BCUT2D eigenvalue weighted by molar-refractivity contribution is 0.525. The zero-order valence-electron chi connectivity index (χ0n) is 11.0. The Hall–Kier alpha value is -1.58. The van der Waals surface area contributed by atoms with Crippen molar-refractivity contribution >= 4 is 0 Å². The Balaban J connectivity index is 0.000000244. The number of rotatable bonds is 0. The molecule has 0 saturated heterocycles. The van der Waals surface area contributed by atoms with Crippen LogP contribution in [0.4, 0.5) is 0 Å². The van der Waals surface area contributed by atoms with Crippen LogP contribution < -0.4 is 0 Å². The highest BCUT2D eigenvalue weighted by Gasteiger charge is 1.90. The molecule has 0 atom stereocenters. The highest BCUT2D eigenvalue weighted by Crippen LogP contribution is 1.99. The minimum atomic E-state index is 0.903. The van der Waals surface area contributed by atoms with Crippen LogP contribution in [0.3, 0.4) is 0 Å². The van der Waals surface area contributed by atoms with Crippen LogP contribution in [0.2, 0.25) is 0 Å². The summed E-state index contributed by atoms with van der Waals surface area (Å²) in [6, 6.07) is 0. The quantitative estimate of drug-likeness (QED) is 0.745. The lowest BCUT2D eigenvalue weighted by Gasteiger charge is -1.79. The van der Waals surface area contributed by atoms with Crippen LogP contribution in [0.1, 0.15) is 36.7 Å². The predicted molar refractivity (Wildman–Crippen MR) is 65.4 cm³/mol. The molecular weight excluding hydrogens is 202 g/mol. The number of aromatic amines is 1. The summed E-state index contributed by atoms with van der Waals surface area (Å²) in [5.74, 6) is 0.903. The molecule has 16 heavy (non-hydrogen) atoms. The van der Waals surface area contributed by atoms with Crippen molar-refractivity contribution in [2.24, 2.45) is 0 Å². The van der Waals surface area contributed by atoms with Gasteiger partial charge in [-0.15, -0.1) is 0 Å². The maximum atomic E-state index is 4.85. The Labute approximate surface area is 97.1 Å². The van der Waals surface area contributed by atoms with E-state index in [-0.39, 0.29) is 0 Å². The Bertz CT molecular complexity index is 319. The van der Waals surface area contributed by atoms with E-state index in [1.54, 1.807) is 6.33 Å².